The Balaban J connectivity index is 1.30. The Morgan fingerprint density at radius 1 is 0.966 bits per heavy atom. The number of rotatable bonds is 6. The zero-order valence-electron chi connectivity index (χ0n) is 16.5. The number of nitrogens with two attached hydrogens (primary N) is 1. The number of carbonyl (C=O) groups excluding carboxylic acids is 2. The zero-order chi connectivity index (χ0) is 20.2. The number of ether oxygens (including phenoxy) is 1. The van der Waals surface area contributed by atoms with Crippen LogP contribution >= 0.6 is 0 Å². The predicted octanol–water partition coefficient (Wildman–Crippen LogP) is 1.92. The summed E-state index contributed by atoms with van der Waals surface area (Å²) in [5, 5.41) is 0. The minimum absolute atomic E-state index is 0.0273. The van der Waals surface area contributed by atoms with Crippen molar-refractivity contribution in [2.45, 2.75) is 25.3 Å². The predicted molar refractivity (Wildman–Crippen MR) is 110 cm³/mol. The molecule has 6 nitrogen and oxygen atoms in total. The molecule has 2 aromatic carbocycles. The van der Waals surface area contributed by atoms with Gasteiger partial charge < -0.3 is 15.4 Å². The number of piperazine rings is 1. The molecule has 2 N–H and O–H groups in total. The van der Waals surface area contributed by atoms with Crippen LogP contribution in [0.25, 0.3) is 0 Å². The van der Waals surface area contributed by atoms with Crippen LogP contribution in [0.5, 0.6) is 5.75 Å². The Kier molecular flexibility index (Phi) is 5.81. The third kappa shape index (κ3) is 4.43. The summed E-state index contributed by atoms with van der Waals surface area (Å²) in [4.78, 5) is 28.5. The topological polar surface area (TPSA) is 75.9 Å². The van der Waals surface area contributed by atoms with Gasteiger partial charge in [0.2, 0.25) is 5.91 Å². The largest absolute Gasteiger partial charge is 0.484 e. The molecule has 1 fully saturated rings. The third-order valence-corrected chi connectivity index (χ3v) is 5.85. The van der Waals surface area contributed by atoms with Crippen molar-refractivity contribution in [3.8, 4) is 5.75 Å². The van der Waals surface area contributed by atoms with Gasteiger partial charge in [-0.05, 0) is 48.1 Å². The van der Waals surface area contributed by atoms with Gasteiger partial charge in [0.15, 0.2) is 6.61 Å². The van der Waals surface area contributed by atoms with Crippen molar-refractivity contribution in [2.24, 2.45) is 5.73 Å². The van der Waals surface area contributed by atoms with E-state index in [4.69, 9.17) is 10.5 Å². The number of aryl methyl sites for hydroxylation is 2. The van der Waals surface area contributed by atoms with E-state index < -0.39 is 6.04 Å². The van der Waals surface area contributed by atoms with Gasteiger partial charge >= 0.3 is 0 Å². The molecule has 1 saturated heterocycles. The normalized spacial score (nSPS) is 17.6. The van der Waals surface area contributed by atoms with Gasteiger partial charge in [0.25, 0.3) is 5.91 Å². The van der Waals surface area contributed by atoms with E-state index >= 15 is 0 Å². The fourth-order valence-electron chi connectivity index (χ4n) is 4.29. The molecule has 1 heterocycles. The van der Waals surface area contributed by atoms with Gasteiger partial charge in [-0.3, -0.25) is 14.5 Å². The summed E-state index contributed by atoms with van der Waals surface area (Å²) in [6.45, 7) is 2.36. The van der Waals surface area contributed by atoms with E-state index in [1.165, 1.54) is 17.5 Å². The first-order valence-electron chi connectivity index (χ1n) is 10.2. The summed E-state index contributed by atoms with van der Waals surface area (Å²) in [5.41, 5.74) is 9.28. The van der Waals surface area contributed by atoms with Gasteiger partial charge in [-0.15, -0.1) is 0 Å². The number of primary amides is 1. The SMILES string of the molecule is NC(=O)C(c1ccccc1)N1CCN(C(=O)COc2ccc3c(c2)CCC3)CC1. The van der Waals surface area contributed by atoms with Gasteiger partial charge in [0.05, 0.1) is 0 Å². The maximum atomic E-state index is 12.6. The highest BCUT2D eigenvalue weighted by atomic mass is 16.5. The van der Waals surface area contributed by atoms with Gasteiger partial charge in [-0.1, -0.05) is 36.4 Å². The van der Waals surface area contributed by atoms with Crippen LogP contribution in [0.3, 0.4) is 0 Å². The summed E-state index contributed by atoms with van der Waals surface area (Å²) in [6.07, 6.45) is 3.41. The maximum Gasteiger partial charge on any atom is 0.260 e. The molecular weight excluding hydrogens is 366 g/mol. The van der Waals surface area contributed by atoms with Crippen molar-refractivity contribution in [1.82, 2.24) is 9.80 Å². The molecule has 0 bridgehead atoms. The van der Waals surface area contributed by atoms with E-state index in [1.54, 1.807) is 4.90 Å². The molecule has 6 heteroatoms. The summed E-state index contributed by atoms with van der Waals surface area (Å²) in [6, 6.07) is 15.2. The van der Waals surface area contributed by atoms with E-state index in [-0.39, 0.29) is 18.4 Å². The minimum Gasteiger partial charge on any atom is -0.484 e. The molecule has 1 unspecified atom stereocenters. The number of fused-ring (bicyclic) bond motifs is 1. The van der Waals surface area contributed by atoms with Gasteiger partial charge in [-0.2, -0.15) is 0 Å². The van der Waals surface area contributed by atoms with Crippen molar-refractivity contribution in [3.63, 3.8) is 0 Å². The standard InChI is InChI=1S/C23H27N3O3/c24-23(28)22(18-5-2-1-3-6-18)26-13-11-25(12-14-26)21(27)16-29-20-10-9-17-7-4-8-19(17)15-20/h1-3,5-6,9-10,15,22H,4,7-8,11-14,16H2,(H2,24,28). The molecule has 29 heavy (non-hydrogen) atoms. The third-order valence-electron chi connectivity index (χ3n) is 5.85. The van der Waals surface area contributed by atoms with Crippen molar-refractivity contribution >= 4 is 11.8 Å². The second-order valence-electron chi connectivity index (χ2n) is 7.71. The Bertz CT molecular complexity index is 876. The van der Waals surface area contributed by atoms with Crippen LogP contribution in [0.15, 0.2) is 48.5 Å². The fraction of sp³-hybridized carbons (Fsp3) is 0.391. The first-order chi connectivity index (χ1) is 14.1. The highest BCUT2D eigenvalue weighted by molar-refractivity contribution is 5.81. The number of benzene rings is 2. The second kappa shape index (κ2) is 8.66. The molecule has 0 spiro atoms. The Morgan fingerprint density at radius 3 is 2.41 bits per heavy atom. The molecule has 2 aliphatic rings. The average Bonchev–Trinajstić information content (AvgIpc) is 3.21. The lowest BCUT2D eigenvalue weighted by Gasteiger charge is -2.38. The molecule has 0 aromatic heterocycles. The first-order valence-corrected chi connectivity index (χ1v) is 10.2. The Hall–Kier alpha value is -2.86. The molecule has 2 amide bonds. The highest BCUT2D eigenvalue weighted by Crippen LogP contribution is 2.26. The van der Waals surface area contributed by atoms with Crippen LogP contribution in [0.2, 0.25) is 0 Å². The summed E-state index contributed by atoms with van der Waals surface area (Å²) in [7, 11) is 0. The van der Waals surface area contributed by atoms with Crippen LogP contribution in [-0.4, -0.2) is 54.4 Å². The monoisotopic (exact) mass is 393 g/mol. The van der Waals surface area contributed by atoms with Crippen LogP contribution in [-0.2, 0) is 22.4 Å². The molecule has 0 radical (unpaired) electrons. The van der Waals surface area contributed by atoms with E-state index in [0.717, 1.165) is 24.2 Å². The number of nitrogens with zero attached hydrogens (tertiary/aromatic N) is 2. The van der Waals surface area contributed by atoms with E-state index in [0.29, 0.717) is 26.2 Å². The fourth-order valence-corrected chi connectivity index (χ4v) is 4.29. The number of hydrogen-bond acceptors (Lipinski definition) is 4. The van der Waals surface area contributed by atoms with Crippen LogP contribution in [0.1, 0.15) is 29.2 Å². The van der Waals surface area contributed by atoms with Gasteiger partial charge in [-0.25, -0.2) is 0 Å². The van der Waals surface area contributed by atoms with Crippen molar-refractivity contribution in [1.29, 1.82) is 0 Å². The van der Waals surface area contributed by atoms with Crippen LogP contribution in [0, 0.1) is 0 Å². The molecular formula is C23H27N3O3. The molecule has 2 aromatic rings. The Morgan fingerprint density at radius 2 is 1.69 bits per heavy atom. The summed E-state index contributed by atoms with van der Waals surface area (Å²) < 4.78 is 5.75. The zero-order valence-corrected chi connectivity index (χ0v) is 16.5. The average molecular weight is 393 g/mol. The molecule has 1 atom stereocenters. The van der Waals surface area contributed by atoms with E-state index in [9.17, 15) is 9.59 Å². The Labute approximate surface area is 171 Å². The number of carbonyl (C=O) groups is 2. The molecule has 4 rings (SSSR count). The van der Waals surface area contributed by atoms with Crippen molar-refractivity contribution in [2.75, 3.05) is 32.8 Å². The van der Waals surface area contributed by atoms with Crippen LogP contribution < -0.4 is 10.5 Å². The van der Waals surface area contributed by atoms with E-state index in [1.807, 2.05) is 41.3 Å². The quantitative estimate of drug-likeness (QED) is 0.814. The smallest absolute Gasteiger partial charge is 0.260 e. The summed E-state index contributed by atoms with van der Waals surface area (Å²) >= 11 is 0. The highest BCUT2D eigenvalue weighted by Gasteiger charge is 2.30. The van der Waals surface area contributed by atoms with Gasteiger partial charge in [0.1, 0.15) is 11.8 Å². The number of amides is 2. The molecule has 1 aliphatic carbocycles. The number of hydrogen-bond donors (Lipinski definition) is 1. The minimum atomic E-state index is -0.462. The van der Waals surface area contributed by atoms with Crippen LogP contribution in [0.4, 0.5) is 0 Å². The molecule has 152 valence electrons. The lowest BCUT2D eigenvalue weighted by molar-refractivity contribution is -0.136. The maximum absolute atomic E-state index is 12.6. The molecule has 1 aliphatic heterocycles. The second-order valence-corrected chi connectivity index (χ2v) is 7.71. The lowest BCUT2D eigenvalue weighted by Crippen LogP contribution is -2.52. The van der Waals surface area contributed by atoms with Crippen molar-refractivity contribution in [3.05, 3.63) is 65.2 Å². The first kappa shape index (κ1) is 19.5. The molecule has 0 saturated carbocycles. The van der Waals surface area contributed by atoms with Crippen molar-refractivity contribution < 1.29 is 14.3 Å². The summed E-state index contributed by atoms with van der Waals surface area (Å²) in [5.74, 6) is 0.368. The lowest BCUT2D eigenvalue weighted by atomic mass is 10.0. The van der Waals surface area contributed by atoms with E-state index in [2.05, 4.69) is 12.1 Å². The van der Waals surface area contributed by atoms with Gasteiger partial charge in [0, 0.05) is 26.2 Å².